The van der Waals surface area contributed by atoms with E-state index in [0.717, 1.165) is 44.5 Å². The van der Waals surface area contributed by atoms with Crippen molar-refractivity contribution in [2.75, 3.05) is 0 Å². The molecular weight excluding hydrogens is 370 g/mol. The van der Waals surface area contributed by atoms with Crippen LogP contribution in [0, 0.1) is 6.92 Å². The fraction of sp³-hybridized carbons (Fsp3) is 0.231. The van der Waals surface area contributed by atoms with E-state index in [1.165, 1.54) is 0 Å². The Morgan fingerprint density at radius 2 is 1.63 bits per heavy atom. The van der Waals surface area contributed by atoms with Gasteiger partial charge in [-0.15, -0.1) is 0 Å². The van der Waals surface area contributed by atoms with Crippen molar-refractivity contribution in [3.63, 3.8) is 0 Å². The van der Waals surface area contributed by atoms with E-state index < -0.39 is 11.1 Å². The van der Waals surface area contributed by atoms with Gasteiger partial charge in [0.05, 0.1) is 16.8 Å². The van der Waals surface area contributed by atoms with E-state index in [1.54, 1.807) is 6.20 Å². The molecule has 2 aromatic heterocycles. The van der Waals surface area contributed by atoms with Gasteiger partial charge in [0.15, 0.2) is 0 Å². The van der Waals surface area contributed by atoms with E-state index in [2.05, 4.69) is 47.4 Å². The summed E-state index contributed by atoms with van der Waals surface area (Å²) in [6, 6.07) is 22.8. The maximum absolute atomic E-state index is 10.1. The Balaban J connectivity index is 1.63. The highest BCUT2D eigenvalue weighted by Crippen LogP contribution is 2.46. The summed E-state index contributed by atoms with van der Waals surface area (Å²) in [4.78, 5) is 9.46. The van der Waals surface area contributed by atoms with Crippen molar-refractivity contribution in [3.8, 4) is 22.4 Å². The average Bonchev–Trinajstić information content (AvgIpc) is 2.72. The highest BCUT2D eigenvalue weighted by molar-refractivity contribution is 5.92. The molecule has 5 rings (SSSR count). The number of hydrogen-bond acceptors (Lipinski definition) is 4. The van der Waals surface area contributed by atoms with Crippen LogP contribution >= 0.6 is 0 Å². The number of rotatable bonds is 3. The number of benzene rings is 2. The first-order valence-electron chi connectivity index (χ1n) is 10.3. The van der Waals surface area contributed by atoms with Gasteiger partial charge in [-0.25, -0.2) is 4.98 Å². The van der Waals surface area contributed by atoms with Gasteiger partial charge in [-0.3, -0.25) is 4.98 Å². The molecule has 0 bridgehead atoms. The van der Waals surface area contributed by atoms with Crippen molar-refractivity contribution in [2.45, 2.75) is 37.8 Å². The fourth-order valence-electron chi connectivity index (χ4n) is 4.76. The lowest BCUT2D eigenvalue weighted by atomic mass is 9.63. The molecule has 2 aromatic carbocycles. The molecule has 2 heterocycles. The predicted molar refractivity (Wildman–Crippen MR) is 121 cm³/mol. The van der Waals surface area contributed by atoms with Crippen LogP contribution in [-0.4, -0.2) is 20.7 Å². The van der Waals surface area contributed by atoms with Crippen molar-refractivity contribution in [1.82, 2.24) is 9.97 Å². The predicted octanol–water partition coefficient (Wildman–Crippen LogP) is 4.97. The maximum Gasteiger partial charge on any atom is 0.0788 e. The number of fused-ring (bicyclic) bond motifs is 1. The van der Waals surface area contributed by atoms with E-state index in [0.29, 0.717) is 12.8 Å². The number of aliphatic hydroxyl groups is 1. The van der Waals surface area contributed by atoms with E-state index in [9.17, 15) is 5.11 Å². The van der Waals surface area contributed by atoms with Crippen molar-refractivity contribution in [3.05, 3.63) is 84.2 Å². The maximum atomic E-state index is 10.1. The number of aromatic nitrogens is 2. The molecule has 0 radical (unpaired) electrons. The van der Waals surface area contributed by atoms with Gasteiger partial charge >= 0.3 is 0 Å². The molecule has 3 N–H and O–H groups in total. The molecule has 4 heteroatoms. The third kappa shape index (κ3) is 3.18. The fourth-order valence-corrected chi connectivity index (χ4v) is 4.76. The molecule has 1 fully saturated rings. The third-order valence-electron chi connectivity index (χ3n) is 6.15. The first kappa shape index (κ1) is 18.9. The summed E-state index contributed by atoms with van der Waals surface area (Å²) in [5, 5.41) is 11.2. The first-order chi connectivity index (χ1) is 14.3. The molecule has 4 nitrogen and oxygen atoms in total. The van der Waals surface area contributed by atoms with Crippen LogP contribution in [0.15, 0.2) is 72.9 Å². The molecular formula is C26H25N3O. The summed E-state index contributed by atoms with van der Waals surface area (Å²) < 4.78 is 0. The van der Waals surface area contributed by atoms with Gasteiger partial charge in [0.1, 0.15) is 0 Å². The standard InChI is InChI=1S/C26H25N3O/c1-17-21-14-22(18-6-4-3-5-7-18)24(29-23(21)12-13-28-17)19-8-10-20(11-9-19)26(27)15-25(2,30)16-26/h3-14,30H,15-16,27H2,1-2H3/t25-,26-. The van der Waals surface area contributed by atoms with Crippen LogP contribution in [-0.2, 0) is 5.54 Å². The van der Waals surface area contributed by atoms with E-state index in [1.807, 2.05) is 38.1 Å². The van der Waals surface area contributed by atoms with Crippen molar-refractivity contribution in [2.24, 2.45) is 5.73 Å². The van der Waals surface area contributed by atoms with Crippen LogP contribution in [0.1, 0.15) is 31.0 Å². The molecule has 0 saturated heterocycles. The number of nitrogens with zero attached hydrogens (tertiary/aromatic N) is 2. The summed E-state index contributed by atoms with van der Waals surface area (Å²) in [5.74, 6) is 0. The molecule has 150 valence electrons. The molecule has 0 amide bonds. The lowest BCUT2D eigenvalue weighted by Crippen LogP contribution is -2.58. The molecule has 0 spiro atoms. The van der Waals surface area contributed by atoms with Crippen LogP contribution in [0.25, 0.3) is 33.3 Å². The highest BCUT2D eigenvalue weighted by atomic mass is 16.3. The normalized spacial score (nSPS) is 23.3. The average molecular weight is 396 g/mol. The minimum atomic E-state index is -0.667. The van der Waals surface area contributed by atoms with Crippen LogP contribution < -0.4 is 5.73 Å². The number of aryl methyl sites for hydroxylation is 1. The minimum Gasteiger partial charge on any atom is -0.390 e. The van der Waals surface area contributed by atoms with Gasteiger partial charge in [0.25, 0.3) is 0 Å². The molecule has 1 aliphatic carbocycles. The van der Waals surface area contributed by atoms with Crippen LogP contribution in [0.5, 0.6) is 0 Å². The number of pyridine rings is 2. The Kier molecular flexibility index (Phi) is 4.24. The largest absolute Gasteiger partial charge is 0.390 e. The topological polar surface area (TPSA) is 72.0 Å². The molecule has 0 unspecified atom stereocenters. The quantitative estimate of drug-likeness (QED) is 0.514. The number of hydrogen-bond donors (Lipinski definition) is 2. The van der Waals surface area contributed by atoms with Gasteiger partial charge in [-0.1, -0.05) is 54.6 Å². The molecule has 0 atom stereocenters. The summed E-state index contributed by atoms with van der Waals surface area (Å²) in [7, 11) is 0. The van der Waals surface area contributed by atoms with Crippen molar-refractivity contribution in [1.29, 1.82) is 0 Å². The summed E-state index contributed by atoms with van der Waals surface area (Å²) in [5.41, 5.74) is 12.6. The monoisotopic (exact) mass is 395 g/mol. The minimum absolute atomic E-state index is 0.454. The van der Waals surface area contributed by atoms with Gasteiger partial charge in [0, 0.05) is 33.9 Å². The molecule has 30 heavy (non-hydrogen) atoms. The van der Waals surface area contributed by atoms with Crippen LogP contribution in [0.3, 0.4) is 0 Å². The van der Waals surface area contributed by atoms with Gasteiger partial charge in [0.2, 0.25) is 0 Å². The second kappa shape index (κ2) is 6.73. The van der Waals surface area contributed by atoms with Crippen LogP contribution in [0.4, 0.5) is 0 Å². The van der Waals surface area contributed by atoms with Crippen LogP contribution in [0.2, 0.25) is 0 Å². The highest BCUT2D eigenvalue weighted by Gasteiger charge is 2.49. The zero-order chi connectivity index (χ0) is 20.9. The zero-order valence-corrected chi connectivity index (χ0v) is 17.3. The second-order valence-corrected chi connectivity index (χ2v) is 8.80. The van der Waals surface area contributed by atoms with E-state index in [-0.39, 0.29) is 0 Å². The zero-order valence-electron chi connectivity index (χ0n) is 17.3. The summed E-state index contributed by atoms with van der Waals surface area (Å²) >= 11 is 0. The molecule has 0 aliphatic heterocycles. The van der Waals surface area contributed by atoms with Gasteiger partial charge < -0.3 is 10.8 Å². The molecule has 1 aliphatic rings. The lowest BCUT2D eigenvalue weighted by Gasteiger charge is -2.49. The Hall–Kier alpha value is -3.08. The SMILES string of the molecule is Cc1nccc2nc(-c3ccc([C@]4(N)C[C@](C)(O)C4)cc3)c(-c3ccccc3)cc12. The van der Waals surface area contributed by atoms with Crippen molar-refractivity contribution >= 4 is 10.9 Å². The summed E-state index contributed by atoms with van der Waals surface area (Å²) in [6.07, 6.45) is 2.96. The Bertz CT molecular complexity index is 1220. The summed E-state index contributed by atoms with van der Waals surface area (Å²) in [6.45, 7) is 3.86. The van der Waals surface area contributed by atoms with Gasteiger partial charge in [-0.2, -0.15) is 0 Å². The Morgan fingerprint density at radius 1 is 0.933 bits per heavy atom. The van der Waals surface area contributed by atoms with Gasteiger partial charge in [-0.05, 0) is 49.9 Å². The van der Waals surface area contributed by atoms with E-state index >= 15 is 0 Å². The Morgan fingerprint density at radius 3 is 2.30 bits per heavy atom. The lowest BCUT2D eigenvalue weighted by molar-refractivity contribution is -0.0738. The first-order valence-corrected chi connectivity index (χ1v) is 10.3. The molecule has 4 aromatic rings. The number of nitrogens with two attached hydrogens (primary N) is 1. The Labute approximate surface area is 176 Å². The third-order valence-corrected chi connectivity index (χ3v) is 6.15. The van der Waals surface area contributed by atoms with E-state index in [4.69, 9.17) is 10.7 Å². The smallest absolute Gasteiger partial charge is 0.0788 e. The second-order valence-electron chi connectivity index (χ2n) is 8.80. The van der Waals surface area contributed by atoms with Crippen molar-refractivity contribution < 1.29 is 5.11 Å². The molecule has 1 saturated carbocycles.